The van der Waals surface area contributed by atoms with Crippen LogP contribution in [0, 0.1) is 17.8 Å². The average Bonchev–Trinajstić information content (AvgIpc) is 3.51. The van der Waals surface area contributed by atoms with Crippen molar-refractivity contribution in [3.05, 3.63) is 48.0 Å². The number of hydrogen-bond acceptors (Lipinski definition) is 6. The van der Waals surface area contributed by atoms with Crippen molar-refractivity contribution < 1.29 is 33.8 Å². The Kier molecular flexibility index (Phi) is 9.76. The first kappa shape index (κ1) is 31.3. The molecule has 228 valence electrons. The highest BCUT2D eigenvalue weighted by Gasteiger charge is 2.61. The molecule has 2 aromatic rings. The van der Waals surface area contributed by atoms with Crippen LogP contribution in [-0.2, 0) is 30.5 Å². The van der Waals surface area contributed by atoms with Gasteiger partial charge in [-0.2, -0.15) is 0 Å². The zero-order chi connectivity index (χ0) is 30.6. The van der Waals surface area contributed by atoms with Gasteiger partial charge >= 0.3 is 12.1 Å². The third-order valence-electron chi connectivity index (χ3n) is 8.28. The van der Waals surface area contributed by atoms with Gasteiger partial charge in [0, 0.05) is 13.0 Å². The number of alkyl carbamates (subject to hydrolysis) is 1. The van der Waals surface area contributed by atoms with Gasteiger partial charge in [-0.3, -0.25) is 9.59 Å². The lowest BCUT2D eigenvalue weighted by molar-refractivity contribution is -0.146. The summed E-state index contributed by atoms with van der Waals surface area (Å²) < 4.78 is 11.5. The number of likely N-dealkylation sites (tertiary alicyclic amines) is 1. The summed E-state index contributed by atoms with van der Waals surface area (Å²) in [4.78, 5) is 53.6. The molecule has 2 aliphatic rings. The van der Waals surface area contributed by atoms with Crippen LogP contribution in [0.4, 0.5) is 4.79 Å². The van der Waals surface area contributed by atoms with Gasteiger partial charge in [0.05, 0.1) is 19.3 Å². The largest absolute Gasteiger partial charge is 0.479 e. The molecule has 1 saturated carbocycles. The molecule has 1 saturated heterocycles. The molecule has 10 heteroatoms. The summed E-state index contributed by atoms with van der Waals surface area (Å²) in [5.41, 5.74) is -0.333. The van der Waals surface area contributed by atoms with Crippen molar-refractivity contribution in [2.45, 2.75) is 84.2 Å². The van der Waals surface area contributed by atoms with E-state index in [9.17, 15) is 24.3 Å². The van der Waals surface area contributed by atoms with Crippen LogP contribution in [0.2, 0.25) is 0 Å². The number of carboxylic acids is 1. The van der Waals surface area contributed by atoms with Crippen LogP contribution in [0.3, 0.4) is 0 Å². The molecule has 0 radical (unpaired) electrons. The van der Waals surface area contributed by atoms with Crippen LogP contribution < -0.4 is 10.6 Å². The first-order chi connectivity index (χ1) is 20.0. The molecule has 42 heavy (non-hydrogen) atoms. The van der Waals surface area contributed by atoms with Gasteiger partial charge in [-0.25, -0.2) is 9.59 Å². The van der Waals surface area contributed by atoms with Gasteiger partial charge in [-0.05, 0) is 40.5 Å². The van der Waals surface area contributed by atoms with Crippen LogP contribution in [0.5, 0.6) is 0 Å². The Morgan fingerprint density at radius 1 is 1.07 bits per heavy atom. The lowest BCUT2D eigenvalue weighted by atomic mass is 10.0. The van der Waals surface area contributed by atoms with E-state index in [1.807, 2.05) is 63.2 Å². The summed E-state index contributed by atoms with van der Waals surface area (Å²) >= 11 is 0. The Hall–Kier alpha value is -3.66. The molecule has 3 amide bonds. The molecule has 0 bridgehead atoms. The summed E-state index contributed by atoms with van der Waals surface area (Å²) in [6.45, 7) is 9.95. The number of amides is 3. The molecular weight excluding hydrogens is 538 g/mol. The van der Waals surface area contributed by atoms with Gasteiger partial charge in [0.15, 0.2) is 0 Å². The SMILES string of the molecule is CC[C@H]1C[C@]1(NC(=O)[C@@H]1C[C@@H](OCc2cccc3ccccc23)CN1C(=O)[C@@H](NC(=O)OCC(C)C)C(C)C)C(=O)O. The zero-order valence-corrected chi connectivity index (χ0v) is 25.1. The summed E-state index contributed by atoms with van der Waals surface area (Å²) in [5, 5.41) is 17.5. The summed E-state index contributed by atoms with van der Waals surface area (Å²) in [7, 11) is 0. The van der Waals surface area contributed by atoms with Crippen LogP contribution >= 0.6 is 0 Å². The van der Waals surface area contributed by atoms with E-state index in [2.05, 4.69) is 10.6 Å². The van der Waals surface area contributed by atoms with Crippen molar-refractivity contribution in [3.8, 4) is 0 Å². The Morgan fingerprint density at radius 2 is 1.79 bits per heavy atom. The van der Waals surface area contributed by atoms with Gasteiger partial charge in [0.25, 0.3) is 0 Å². The second-order valence-electron chi connectivity index (χ2n) is 12.2. The molecule has 2 aromatic carbocycles. The van der Waals surface area contributed by atoms with Crippen LogP contribution in [0.1, 0.15) is 59.4 Å². The maximum atomic E-state index is 13.9. The number of benzene rings is 2. The van der Waals surface area contributed by atoms with E-state index in [1.54, 1.807) is 13.8 Å². The van der Waals surface area contributed by atoms with Crippen molar-refractivity contribution in [2.75, 3.05) is 13.2 Å². The number of hydrogen-bond donors (Lipinski definition) is 3. The molecule has 2 fully saturated rings. The molecule has 0 aromatic heterocycles. The number of ether oxygens (including phenoxy) is 2. The van der Waals surface area contributed by atoms with Gasteiger partial charge < -0.3 is 30.1 Å². The summed E-state index contributed by atoms with van der Waals surface area (Å²) in [5.74, 6) is -2.36. The third-order valence-corrected chi connectivity index (χ3v) is 8.28. The minimum absolute atomic E-state index is 0.130. The highest BCUT2D eigenvalue weighted by atomic mass is 16.5. The maximum absolute atomic E-state index is 13.9. The van der Waals surface area contributed by atoms with E-state index >= 15 is 0 Å². The minimum Gasteiger partial charge on any atom is -0.479 e. The number of carbonyl (C=O) groups is 4. The van der Waals surface area contributed by atoms with Crippen LogP contribution in [0.15, 0.2) is 42.5 Å². The lowest BCUT2D eigenvalue weighted by Crippen LogP contribution is -2.57. The number of rotatable bonds is 12. The van der Waals surface area contributed by atoms with E-state index in [1.165, 1.54) is 4.90 Å². The average molecular weight is 582 g/mol. The Balaban J connectivity index is 1.53. The lowest BCUT2D eigenvalue weighted by Gasteiger charge is -2.31. The fraction of sp³-hybridized carbons (Fsp3) is 0.562. The second-order valence-corrected chi connectivity index (χ2v) is 12.2. The standard InChI is InChI=1S/C32H43N3O7/c1-6-23-15-32(23,30(38)39)34-28(36)26-14-24(41-18-22-12-9-11-21-10-7-8-13-25(21)22)16-35(26)29(37)27(20(4)5)33-31(40)42-17-19(2)3/h7-13,19-20,23-24,26-27H,6,14-18H2,1-5H3,(H,33,40)(H,34,36)(H,38,39)/t23-,24+,26-,27-,32+/m0/s1. The first-order valence-corrected chi connectivity index (χ1v) is 14.8. The predicted octanol–water partition coefficient (Wildman–Crippen LogP) is 4.10. The third kappa shape index (κ3) is 6.86. The van der Waals surface area contributed by atoms with Gasteiger partial charge in [0.2, 0.25) is 11.8 Å². The van der Waals surface area contributed by atoms with E-state index in [0.29, 0.717) is 12.8 Å². The molecule has 5 atom stereocenters. The molecule has 1 aliphatic heterocycles. The van der Waals surface area contributed by atoms with E-state index in [0.717, 1.165) is 16.3 Å². The molecular formula is C32H43N3O7. The monoisotopic (exact) mass is 581 g/mol. The van der Waals surface area contributed by atoms with Crippen molar-refractivity contribution >= 4 is 34.6 Å². The highest BCUT2D eigenvalue weighted by molar-refractivity contribution is 5.96. The fourth-order valence-corrected chi connectivity index (χ4v) is 5.73. The molecule has 4 rings (SSSR count). The number of nitrogens with zero attached hydrogens (tertiary/aromatic N) is 1. The normalized spacial score (nSPS) is 24.1. The van der Waals surface area contributed by atoms with Gasteiger partial charge in [-0.15, -0.1) is 0 Å². The van der Waals surface area contributed by atoms with Crippen molar-refractivity contribution in [1.29, 1.82) is 0 Å². The van der Waals surface area contributed by atoms with Gasteiger partial charge in [0.1, 0.15) is 17.6 Å². The highest BCUT2D eigenvalue weighted by Crippen LogP contribution is 2.46. The van der Waals surface area contributed by atoms with E-state index in [4.69, 9.17) is 9.47 Å². The van der Waals surface area contributed by atoms with Crippen LogP contribution in [-0.4, -0.2) is 70.8 Å². The number of aliphatic carboxylic acids is 1. The fourth-order valence-electron chi connectivity index (χ4n) is 5.73. The van der Waals surface area contributed by atoms with Crippen molar-refractivity contribution in [3.63, 3.8) is 0 Å². The Bertz CT molecular complexity index is 1310. The van der Waals surface area contributed by atoms with Crippen molar-refractivity contribution in [2.24, 2.45) is 17.8 Å². The zero-order valence-electron chi connectivity index (χ0n) is 25.1. The Labute approximate surface area is 247 Å². The van der Waals surface area contributed by atoms with Gasteiger partial charge in [-0.1, -0.05) is 83.5 Å². The number of nitrogens with one attached hydrogen (secondary N) is 2. The first-order valence-electron chi connectivity index (χ1n) is 14.8. The van der Waals surface area contributed by atoms with E-state index < -0.39 is 47.6 Å². The topological polar surface area (TPSA) is 134 Å². The minimum atomic E-state index is -1.32. The number of carbonyl (C=O) groups excluding carboxylic acids is 3. The molecule has 3 N–H and O–H groups in total. The molecule has 1 aliphatic carbocycles. The Morgan fingerprint density at radius 3 is 2.43 bits per heavy atom. The summed E-state index contributed by atoms with van der Waals surface area (Å²) in [6, 6.07) is 12.1. The second kappa shape index (κ2) is 13.1. The quantitative estimate of drug-likeness (QED) is 0.344. The molecule has 10 nitrogen and oxygen atoms in total. The number of carboxylic acid groups (broad SMARTS) is 1. The molecule has 0 unspecified atom stereocenters. The number of fused-ring (bicyclic) bond motifs is 1. The smallest absolute Gasteiger partial charge is 0.407 e. The summed E-state index contributed by atoms with van der Waals surface area (Å²) in [6.07, 6.45) is 0.00963. The predicted molar refractivity (Wildman–Crippen MR) is 157 cm³/mol. The maximum Gasteiger partial charge on any atom is 0.407 e. The van der Waals surface area contributed by atoms with E-state index in [-0.39, 0.29) is 43.9 Å². The van der Waals surface area contributed by atoms with Crippen molar-refractivity contribution in [1.82, 2.24) is 15.5 Å². The molecule has 0 spiro atoms. The van der Waals surface area contributed by atoms with Crippen LogP contribution in [0.25, 0.3) is 10.8 Å². The molecule has 1 heterocycles.